The van der Waals surface area contributed by atoms with E-state index < -0.39 is 27.5 Å². The van der Waals surface area contributed by atoms with E-state index in [2.05, 4.69) is 5.32 Å². The van der Waals surface area contributed by atoms with Gasteiger partial charge in [0.05, 0.1) is 9.82 Å². The van der Waals surface area contributed by atoms with E-state index in [-0.39, 0.29) is 16.3 Å². The predicted molar refractivity (Wildman–Crippen MR) is 106 cm³/mol. The maximum atomic E-state index is 12.8. The zero-order valence-electron chi connectivity index (χ0n) is 15.6. The lowest BCUT2D eigenvalue weighted by atomic mass is 10.2. The van der Waals surface area contributed by atoms with Gasteiger partial charge in [-0.05, 0) is 37.1 Å². The zero-order chi connectivity index (χ0) is 20.9. The van der Waals surface area contributed by atoms with Crippen LogP contribution in [0.4, 0.5) is 11.4 Å². The molecule has 154 valence electrons. The third-order valence-electron chi connectivity index (χ3n) is 4.49. The van der Waals surface area contributed by atoms with Crippen LogP contribution >= 0.6 is 0 Å². The van der Waals surface area contributed by atoms with Gasteiger partial charge >= 0.3 is 5.69 Å². The molecule has 0 radical (unpaired) electrons. The number of rotatable bonds is 7. The minimum absolute atomic E-state index is 0.0194. The van der Waals surface area contributed by atoms with Crippen molar-refractivity contribution in [2.24, 2.45) is 0 Å². The van der Waals surface area contributed by atoms with Crippen molar-refractivity contribution in [2.45, 2.75) is 24.2 Å². The van der Waals surface area contributed by atoms with Gasteiger partial charge in [-0.15, -0.1) is 0 Å². The molecule has 0 bridgehead atoms. The van der Waals surface area contributed by atoms with Crippen LogP contribution < -0.4 is 10.1 Å². The molecule has 29 heavy (non-hydrogen) atoms. The number of ether oxygens (including phenoxy) is 1. The van der Waals surface area contributed by atoms with Crippen molar-refractivity contribution < 1.29 is 22.9 Å². The van der Waals surface area contributed by atoms with Crippen molar-refractivity contribution >= 4 is 27.3 Å². The molecule has 2 aromatic rings. The Bertz CT molecular complexity index is 1000. The van der Waals surface area contributed by atoms with Crippen LogP contribution in [0.2, 0.25) is 0 Å². The lowest BCUT2D eigenvalue weighted by Crippen LogP contribution is -2.35. The summed E-state index contributed by atoms with van der Waals surface area (Å²) >= 11 is 0. The lowest BCUT2D eigenvalue weighted by molar-refractivity contribution is -0.385. The average molecular weight is 419 g/mol. The Morgan fingerprint density at radius 1 is 1.10 bits per heavy atom. The number of hydrogen-bond donors (Lipinski definition) is 1. The molecule has 1 amide bonds. The Morgan fingerprint density at radius 3 is 2.55 bits per heavy atom. The van der Waals surface area contributed by atoms with E-state index in [9.17, 15) is 23.3 Å². The molecule has 0 unspecified atom stereocenters. The zero-order valence-corrected chi connectivity index (χ0v) is 16.4. The largest absolute Gasteiger partial charge is 0.477 e. The van der Waals surface area contributed by atoms with E-state index in [1.807, 2.05) is 0 Å². The smallest absolute Gasteiger partial charge is 0.310 e. The fourth-order valence-electron chi connectivity index (χ4n) is 3.06. The molecule has 1 saturated heterocycles. The van der Waals surface area contributed by atoms with Crippen LogP contribution in [0, 0.1) is 10.1 Å². The Labute approximate surface area is 168 Å². The van der Waals surface area contributed by atoms with Crippen LogP contribution in [-0.2, 0) is 14.8 Å². The number of sulfonamides is 1. The van der Waals surface area contributed by atoms with E-state index in [4.69, 9.17) is 4.74 Å². The lowest BCUT2D eigenvalue weighted by Gasteiger charge is -2.26. The van der Waals surface area contributed by atoms with Crippen LogP contribution in [0.25, 0.3) is 0 Å². The summed E-state index contributed by atoms with van der Waals surface area (Å²) in [6.07, 6.45) is 2.68. The number of nitro benzene ring substituents is 1. The molecule has 1 fully saturated rings. The first kappa shape index (κ1) is 20.7. The van der Waals surface area contributed by atoms with Crippen LogP contribution in [-0.4, -0.2) is 43.2 Å². The van der Waals surface area contributed by atoms with Crippen molar-refractivity contribution in [3.63, 3.8) is 0 Å². The number of nitrogens with zero attached hydrogens (tertiary/aromatic N) is 2. The minimum atomic E-state index is -3.61. The highest BCUT2D eigenvalue weighted by atomic mass is 32.2. The molecule has 1 N–H and O–H groups in total. The van der Waals surface area contributed by atoms with Gasteiger partial charge in [0.2, 0.25) is 10.0 Å². The molecule has 0 aromatic heterocycles. The molecule has 10 heteroatoms. The highest BCUT2D eigenvalue weighted by Crippen LogP contribution is 2.26. The van der Waals surface area contributed by atoms with E-state index in [0.717, 1.165) is 19.3 Å². The maximum Gasteiger partial charge on any atom is 0.310 e. The fraction of sp³-hybridized carbons (Fsp3) is 0.316. The normalized spacial score (nSPS) is 14.9. The van der Waals surface area contributed by atoms with Gasteiger partial charge in [-0.1, -0.05) is 24.6 Å². The Morgan fingerprint density at radius 2 is 1.83 bits per heavy atom. The number of nitro groups is 1. The van der Waals surface area contributed by atoms with Crippen molar-refractivity contribution in [3.8, 4) is 5.75 Å². The molecule has 0 spiro atoms. The quantitative estimate of drug-likeness (QED) is 0.544. The molecule has 2 aromatic carbocycles. The Kier molecular flexibility index (Phi) is 6.45. The van der Waals surface area contributed by atoms with Gasteiger partial charge in [-0.25, -0.2) is 8.42 Å². The molecule has 1 aliphatic rings. The highest BCUT2D eigenvalue weighted by Gasteiger charge is 2.26. The van der Waals surface area contributed by atoms with Gasteiger partial charge in [-0.3, -0.25) is 14.9 Å². The minimum Gasteiger partial charge on any atom is -0.477 e. The van der Waals surface area contributed by atoms with Gasteiger partial charge in [0, 0.05) is 24.8 Å². The second kappa shape index (κ2) is 9.01. The molecular weight excluding hydrogens is 398 g/mol. The SMILES string of the molecule is O=C(COc1ccccc1[N+](=O)[O-])Nc1cccc(S(=O)(=O)N2CCCCC2)c1. The first-order valence-electron chi connectivity index (χ1n) is 9.14. The number of amides is 1. The van der Waals surface area contributed by atoms with E-state index in [1.165, 1.54) is 34.6 Å². The molecule has 1 aliphatic heterocycles. The summed E-state index contributed by atoms with van der Waals surface area (Å²) in [5.74, 6) is -0.579. The van der Waals surface area contributed by atoms with Crippen molar-refractivity contribution in [2.75, 3.05) is 25.0 Å². The number of para-hydroxylation sites is 2. The molecule has 0 aliphatic carbocycles. The van der Waals surface area contributed by atoms with Gasteiger partial charge in [0.25, 0.3) is 5.91 Å². The molecule has 1 heterocycles. The van der Waals surface area contributed by atoms with Crippen molar-refractivity contribution in [1.82, 2.24) is 4.31 Å². The van der Waals surface area contributed by atoms with Crippen molar-refractivity contribution in [1.29, 1.82) is 0 Å². The third kappa shape index (κ3) is 5.09. The van der Waals surface area contributed by atoms with Gasteiger partial charge in [0.15, 0.2) is 12.4 Å². The third-order valence-corrected chi connectivity index (χ3v) is 6.39. The maximum absolute atomic E-state index is 12.8. The topological polar surface area (TPSA) is 119 Å². The van der Waals surface area contributed by atoms with Crippen molar-refractivity contribution in [3.05, 3.63) is 58.6 Å². The molecule has 0 atom stereocenters. The number of carbonyl (C=O) groups excluding carboxylic acids is 1. The Balaban J connectivity index is 1.66. The van der Waals surface area contributed by atoms with Crippen LogP contribution in [0.3, 0.4) is 0 Å². The molecule has 0 saturated carbocycles. The predicted octanol–water partition coefficient (Wildman–Crippen LogP) is 2.79. The summed E-state index contributed by atoms with van der Waals surface area (Å²) < 4.78 is 32.2. The van der Waals surface area contributed by atoms with Gasteiger partial charge in [0.1, 0.15) is 0 Å². The van der Waals surface area contributed by atoms with Crippen LogP contribution in [0.1, 0.15) is 19.3 Å². The molecule has 3 rings (SSSR count). The number of nitrogens with one attached hydrogen (secondary N) is 1. The highest BCUT2D eigenvalue weighted by molar-refractivity contribution is 7.89. The van der Waals surface area contributed by atoms with E-state index in [0.29, 0.717) is 18.8 Å². The second-order valence-corrected chi connectivity index (χ2v) is 8.49. The summed E-state index contributed by atoms with van der Waals surface area (Å²) in [6, 6.07) is 11.7. The summed E-state index contributed by atoms with van der Waals surface area (Å²) in [7, 11) is -3.61. The molecule has 9 nitrogen and oxygen atoms in total. The standard InChI is InChI=1S/C19H21N3O6S/c23-19(14-28-18-10-3-2-9-17(18)22(24)25)20-15-7-6-8-16(13-15)29(26,27)21-11-4-1-5-12-21/h2-3,6-10,13H,1,4-5,11-12,14H2,(H,20,23). The first-order valence-corrected chi connectivity index (χ1v) is 10.6. The number of carbonyl (C=O) groups is 1. The number of piperidine rings is 1. The van der Waals surface area contributed by atoms with E-state index in [1.54, 1.807) is 18.2 Å². The summed E-state index contributed by atoms with van der Waals surface area (Å²) in [5, 5.41) is 13.5. The first-order chi connectivity index (χ1) is 13.9. The van der Waals surface area contributed by atoms with Gasteiger partial charge < -0.3 is 10.1 Å². The second-order valence-electron chi connectivity index (χ2n) is 6.55. The number of hydrogen-bond acceptors (Lipinski definition) is 6. The molecular formula is C19H21N3O6S. The van der Waals surface area contributed by atoms with E-state index >= 15 is 0 Å². The number of benzene rings is 2. The Hall–Kier alpha value is -2.98. The summed E-state index contributed by atoms with van der Waals surface area (Å²) in [6.45, 7) is 0.527. The number of anilines is 1. The summed E-state index contributed by atoms with van der Waals surface area (Å²) in [5.41, 5.74) is 0.0640. The summed E-state index contributed by atoms with van der Waals surface area (Å²) in [4.78, 5) is 22.7. The monoisotopic (exact) mass is 419 g/mol. The van der Waals surface area contributed by atoms with Crippen LogP contribution in [0.5, 0.6) is 5.75 Å². The van der Waals surface area contributed by atoms with Crippen LogP contribution in [0.15, 0.2) is 53.4 Å². The average Bonchev–Trinajstić information content (AvgIpc) is 2.73. The fourth-order valence-corrected chi connectivity index (χ4v) is 4.62. The van der Waals surface area contributed by atoms with Gasteiger partial charge in [-0.2, -0.15) is 4.31 Å².